The molecule has 7 aliphatic rings. The van der Waals surface area contributed by atoms with Crippen LogP contribution in [-0.4, -0.2) is 116 Å². The van der Waals surface area contributed by atoms with Gasteiger partial charge in [0.15, 0.2) is 11.5 Å². The summed E-state index contributed by atoms with van der Waals surface area (Å²) in [6.45, 7) is 2.38. The van der Waals surface area contributed by atoms with Gasteiger partial charge in [0.25, 0.3) is 0 Å². The molecular weight excluding hydrogens is 1050 g/mol. The first-order valence-electron chi connectivity index (χ1n) is 30.2. The number of aryl methyl sites for hydroxylation is 1. The lowest BCUT2D eigenvalue weighted by atomic mass is 9.50. The lowest BCUT2D eigenvalue weighted by Crippen LogP contribution is -2.50. The van der Waals surface area contributed by atoms with Crippen LogP contribution in [-0.2, 0) is 30.4 Å². The van der Waals surface area contributed by atoms with Crippen LogP contribution in [0.15, 0.2) is 120 Å². The van der Waals surface area contributed by atoms with E-state index in [1.807, 2.05) is 24.4 Å². The molecule has 3 heterocycles. The Morgan fingerprint density at radius 3 is 2.44 bits per heavy atom. The van der Waals surface area contributed by atoms with Gasteiger partial charge in [-0.3, -0.25) is 0 Å². The van der Waals surface area contributed by atoms with Crippen molar-refractivity contribution >= 4 is 21.6 Å². The molecule has 0 radical (unpaired) electrons. The Morgan fingerprint density at radius 2 is 1.67 bits per heavy atom. The summed E-state index contributed by atoms with van der Waals surface area (Å²) in [6, 6.07) is 27.5. The number of aromatic hydroxyl groups is 1. The van der Waals surface area contributed by atoms with Crippen molar-refractivity contribution in [2.75, 3.05) is 44.5 Å². The molecule has 1 spiro atoms. The van der Waals surface area contributed by atoms with E-state index in [-0.39, 0.29) is 79.4 Å². The fraction of sp³-hybridized carbons (Fsp3) is 0.552. The highest BCUT2D eigenvalue weighted by Crippen LogP contribution is 2.59. The summed E-state index contributed by atoms with van der Waals surface area (Å²) in [5, 5.41) is 86.1. The van der Waals surface area contributed by atoms with E-state index in [1.54, 1.807) is 21.6 Å². The molecule has 1 aromatic heterocycles. The minimum Gasteiger partial charge on any atom is -0.504 e. The third-order valence-electron chi connectivity index (χ3n) is 20.0. The zero-order chi connectivity index (χ0) is 56.2. The van der Waals surface area contributed by atoms with Gasteiger partial charge in [-0.05, 0) is 171 Å². The molecular formula is C67H85N3O9S2. The molecule has 1 saturated carbocycles. The van der Waals surface area contributed by atoms with E-state index in [2.05, 4.69) is 102 Å². The number of ether oxygens (including phenoxy) is 2. The molecule has 1 saturated heterocycles. The molecule has 0 bridgehead atoms. The molecule has 11 rings (SSSR count). The lowest BCUT2D eigenvalue weighted by molar-refractivity contribution is -0.0716. The largest absolute Gasteiger partial charge is 0.504 e. The first kappa shape index (κ1) is 58.1. The highest BCUT2D eigenvalue weighted by atomic mass is 33.1. The fourth-order valence-corrected chi connectivity index (χ4v) is 18.6. The summed E-state index contributed by atoms with van der Waals surface area (Å²) >= 11 is 0. The van der Waals surface area contributed by atoms with E-state index in [0.717, 1.165) is 60.1 Å². The molecule has 2 fully saturated rings. The van der Waals surface area contributed by atoms with Crippen molar-refractivity contribution in [3.63, 3.8) is 0 Å². The number of aliphatic hydroxyl groups is 6. The highest BCUT2D eigenvalue weighted by molar-refractivity contribution is 8.76. The Hall–Kier alpha value is -4.66. The van der Waals surface area contributed by atoms with Crippen molar-refractivity contribution in [1.82, 2.24) is 10.3 Å². The maximum absolute atomic E-state index is 13.0. The van der Waals surface area contributed by atoms with E-state index >= 15 is 0 Å². The summed E-state index contributed by atoms with van der Waals surface area (Å²) in [4.78, 5) is 3.38. The zero-order valence-corrected chi connectivity index (χ0v) is 48.5. The van der Waals surface area contributed by atoms with Crippen molar-refractivity contribution in [2.24, 2.45) is 58.5 Å². The van der Waals surface area contributed by atoms with Gasteiger partial charge in [-0.15, -0.1) is 0 Å². The number of aromatic amines is 1. The first-order valence-corrected chi connectivity index (χ1v) is 32.6. The van der Waals surface area contributed by atoms with Crippen molar-refractivity contribution in [2.45, 2.75) is 133 Å². The van der Waals surface area contributed by atoms with Gasteiger partial charge in [0.05, 0.1) is 37.6 Å². The summed E-state index contributed by atoms with van der Waals surface area (Å²) in [7, 11) is 3.25. The standard InChI is InChI=1S/C67H85N3O9S2/c1-2-40-26-45-30-59(75)62(79-63-31-46(27-48-15-9-22-69-48)50-20-23-70-66(68)57(50)39-81-80-38-47(36-72)65(63)77)33-53(45)55-32-60(76)64-44(29-52(40)55)19-21-67(34-49(74)17-18-61(64)78-25-24-71)35-56(42-11-4-3-5-12-42)54-28-43-13-7-6-10-41(43)14-8-16-51(54)58(67)37-73/h3-7,9-13,15,20,22,29-30,33,40,44,46-47,49,51,54-56,58,60-61,63-65,69-77H,2,8,14,16-18,23-28,31-32,34-39,68H2,1H3/t40-,44-,46-,47-,49-,51+,54+,55-,56-,58+,60+,61-,63+,64-,65+,67+/m0/s1. The van der Waals surface area contributed by atoms with Crippen LogP contribution in [0.1, 0.15) is 110 Å². The zero-order valence-electron chi connectivity index (χ0n) is 46.9. The van der Waals surface area contributed by atoms with Gasteiger partial charge in [-0.25, -0.2) is 0 Å². The highest BCUT2D eigenvalue weighted by Gasteiger charge is 2.54. The molecule has 0 amide bonds. The van der Waals surface area contributed by atoms with Crippen LogP contribution in [0.25, 0.3) is 0 Å². The number of hydrogen-bond donors (Lipinski definition) is 10. The monoisotopic (exact) mass is 1140 g/mol. The van der Waals surface area contributed by atoms with Crippen molar-refractivity contribution in [3.8, 4) is 23.3 Å². The predicted molar refractivity (Wildman–Crippen MR) is 321 cm³/mol. The van der Waals surface area contributed by atoms with Crippen LogP contribution >= 0.6 is 21.6 Å². The number of H-pyrrole nitrogens is 1. The SMILES string of the molecule is CC[C@H]1Cc2cc(O)c(O[C@@H]3C[C@H](Cc4ccc[nH]4)C4=CCNC(N)=C4CSSC[C@H](CO)[C@H]3O)cc2[C@H]2C[C@@H](O)[C@H]3[C@@H](OCCO)CC[C@H](O)C[C@]4(C#C[C@H]3C=C12)C[C@@H](c1ccccc1)[C@@H]1Cc2ccccc2CCC[C@H]1[C@H]4CO. The Balaban J connectivity index is 0.993. The quantitative estimate of drug-likeness (QED) is 0.0387. The van der Waals surface area contributed by atoms with Crippen molar-refractivity contribution in [3.05, 3.63) is 153 Å². The van der Waals surface area contributed by atoms with Crippen LogP contribution in [0.5, 0.6) is 11.5 Å². The molecule has 434 valence electrons. The number of phenols is 1. The van der Waals surface area contributed by atoms with Gasteiger partial charge in [0.1, 0.15) is 11.9 Å². The minimum atomic E-state index is -1.08. The van der Waals surface area contributed by atoms with Gasteiger partial charge in [0, 0.05) is 83.7 Å². The molecule has 12 nitrogen and oxygen atoms in total. The number of aliphatic hydroxyl groups excluding tert-OH is 6. The second-order valence-electron chi connectivity index (χ2n) is 24.6. The average molecular weight is 1140 g/mol. The molecule has 81 heavy (non-hydrogen) atoms. The Kier molecular flexibility index (Phi) is 18.7. The van der Waals surface area contributed by atoms with E-state index in [4.69, 9.17) is 15.2 Å². The van der Waals surface area contributed by atoms with Gasteiger partial charge in [-0.1, -0.05) is 113 Å². The van der Waals surface area contributed by atoms with E-state index in [0.29, 0.717) is 75.2 Å². The maximum atomic E-state index is 13.0. The number of rotatable bonds is 11. The van der Waals surface area contributed by atoms with Crippen LogP contribution in [0.3, 0.4) is 0 Å². The number of benzene rings is 3. The van der Waals surface area contributed by atoms with Gasteiger partial charge in [-0.2, -0.15) is 0 Å². The number of dihydropyridines is 1. The van der Waals surface area contributed by atoms with Crippen LogP contribution < -0.4 is 15.8 Å². The normalized spacial score (nSPS) is 34.4. The first-order chi connectivity index (χ1) is 39.5. The molecule has 4 aromatic rings. The van der Waals surface area contributed by atoms with E-state index in [9.17, 15) is 35.7 Å². The topological polar surface area (TPSA) is 214 Å². The summed E-state index contributed by atoms with van der Waals surface area (Å²) in [6.07, 6.45) is 11.0. The minimum absolute atomic E-state index is 0.0270. The Labute approximate surface area is 486 Å². The lowest BCUT2D eigenvalue weighted by Gasteiger charge is -2.54. The van der Waals surface area contributed by atoms with Crippen LogP contribution in [0.4, 0.5) is 0 Å². The summed E-state index contributed by atoms with van der Waals surface area (Å²) < 4.78 is 13.6. The average Bonchev–Trinajstić information content (AvgIpc) is 4.15. The van der Waals surface area contributed by atoms with Crippen molar-refractivity contribution < 1.29 is 45.2 Å². The molecule has 3 aromatic carbocycles. The number of nitrogens with two attached hydrogens (primary N) is 1. The molecule has 5 aliphatic carbocycles. The molecule has 11 N–H and O–H groups in total. The van der Waals surface area contributed by atoms with E-state index in [1.165, 1.54) is 22.3 Å². The number of aromatic nitrogens is 1. The summed E-state index contributed by atoms with van der Waals surface area (Å²) in [5.41, 5.74) is 16.3. The summed E-state index contributed by atoms with van der Waals surface area (Å²) in [5.74, 6) is 8.43. The predicted octanol–water partition coefficient (Wildman–Crippen LogP) is 8.89. The van der Waals surface area contributed by atoms with Crippen LogP contribution in [0, 0.1) is 64.6 Å². The number of hydrogen-bond acceptors (Lipinski definition) is 13. The third kappa shape index (κ3) is 12.3. The van der Waals surface area contributed by atoms with Crippen molar-refractivity contribution in [1.29, 1.82) is 0 Å². The Bertz CT molecular complexity index is 2940. The molecule has 2 aliphatic heterocycles. The number of allylic oxidation sites excluding steroid dienone is 3. The van der Waals surface area contributed by atoms with Gasteiger partial charge in [0.2, 0.25) is 0 Å². The maximum Gasteiger partial charge on any atom is 0.161 e. The van der Waals surface area contributed by atoms with Gasteiger partial charge >= 0.3 is 0 Å². The number of nitrogens with one attached hydrogen (secondary N) is 2. The molecule has 14 heteroatoms. The fourth-order valence-electron chi connectivity index (χ4n) is 16.0. The van der Waals surface area contributed by atoms with Gasteiger partial charge < -0.3 is 61.3 Å². The Morgan fingerprint density at radius 1 is 0.840 bits per heavy atom. The number of fused-ring (bicyclic) bond motifs is 7. The molecule has 0 unspecified atom stereocenters. The van der Waals surface area contributed by atoms with E-state index < -0.39 is 53.7 Å². The molecule has 16 atom stereocenters. The smallest absolute Gasteiger partial charge is 0.161 e. The second-order valence-corrected chi connectivity index (χ2v) is 27.1. The second kappa shape index (κ2) is 26.1. The third-order valence-corrected chi connectivity index (χ3v) is 22.4. The van der Waals surface area contributed by atoms with Crippen LogP contribution in [0.2, 0.25) is 0 Å². The number of phenolic OH excluding ortho intramolecular Hbond substituents is 1.